The Bertz CT molecular complexity index is 162. The third-order valence-electron chi connectivity index (χ3n) is 1.82. The van der Waals surface area contributed by atoms with Crippen molar-refractivity contribution in [1.29, 1.82) is 0 Å². The first-order chi connectivity index (χ1) is 6.70. The van der Waals surface area contributed by atoms with E-state index in [4.69, 9.17) is 15.7 Å². The van der Waals surface area contributed by atoms with Crippen LogP contribution in [0.25, 0.3) is 0 Å². The highest BCUT2D eigenvalue weighted by Crippen LogP contribution is 1.89. The van der Waals surface area contributed by atoms with Gasteiger partial charge in [-0.2, -0.15) is 0 Å². The minimum absolute atomic E-state index is 0.223. The molecule has 0 aromatic carbocycles. The summed E-state index contributed by atoms with van der Waals surface area (Å²) < 4.78 is 5.38. The Morgan fingerprint density at radius 1 is 1.50 bits per heavy atom. The second kappa shape index (κ2) is 8.77. The van der Waals surface area contributed by atoms with Crippen LogP contribution < -0.4 is 5.73 Å². The van der Waals surface area contributed by atoms with Gasteiger partial charge in [0, 0.05) is 13.2 Å². The van der Waals surface area contributed by atoms with Crippen LogP contribution in [-0.4, -0.2) is 49.3 Å². The van der Waals surface area contributed by atoms with Gasteiger partial charge in [-0.3, -0.25) is 4.90 Å². The zero-order valence-corrected chi connectivity index (χ0v) is 9.07. The molecule has 0 fully saturated rings. The second-order valence-corrected chi connectivity index (χ2v) is 3.30. The molecule has 5 nitrogen and oxygen atoms in total. The molecule has 14 heavy (non-hydrogen) atoms. The fraction of sp³-hybridized carbons (Fsp3) is 0.889. The molecule has 3 N–H and O–H groups in total. The van der Waals surface area contributed by atoms with E-state index in [0.29, 0.717) is 13.2 Å². The number of likely N-dealkylation sites (N-methyl/N-ethyl adjacent to an activating group) is 1. The summed E-state index contributed by atoms with van der Waals surface area (Å²) in [6.07, 6.45) is 2.25. The Hall–Kier alpha value is -0.810. The van der Waals surface area contributed by atoms with Crippen LogP contribution in [0, 0.1) is 0 Å². The van der Waals surface area contributed by atoms with Gasteiger partial charge in [0.2, 0.25) is 0 Å². The van der Waals surface area contributed by atoms with Gasteiger partial charge in [0.05, 0.1) is 13.2 Å². The highest BCUT2D eigenvalue weighted by atomic mass is 16.5. The largest absolute Gasteiger partial charge is 0.409 e. The summed E-state index contributed by atoms with van der Waals surface area (Å²) in [5.74, 6) is 0.223. The first kappa shape index (κ1) is 13.2. The van der Waals surface area contributed by atoms with E-state index in [2.05, 4.69) is 12.1 Å². The lowest BCUT2D eigenvalue weighted by Gasteiger charge is -2.15. The van der Waals surface area contributed by atoms with Crippen LogP contribution in [0.15, 0.2) is 5.16 Å². The maximum absolute atomic E-state index is 8.33. The normalized spacial score (nSPS) is 12.4. The number of hydrogen-bond donors (Lipinski definition) is 2. The smallest absolute Gasteiger partial charge is 0.153 e. The molecule has 5 heteroatoms. The molecule has 0 aliphatic heterocycles. The monoisotopic (exact) mass is 203 g/mol. The SMILES string of the molecule is CCCCOCCN(C)CC(N)=NO. The summed E-state index contributed by atoms with van der Waals surface area (Å²) >= 11 is 0. The molecule has 0 spiro atoms. The topological polar surface area (TPSA) is 71.1 Å². The molecule has 0 saturated carbocycles. The third kappa shape index (κ3) is 7.82. The molecule has 84 valence electrons. The van der Waals surface area contributed by atoms with Crippen LogP contribution >= 0.6 is 0 Å². The Kier molecular flexibility index (Phi) is 8.27. The Labute approximate surface area is 85.5 Å². The first-order valence-corrected chi connectivity index (χ1v) is 4.93. The lowest BCUT2D eigenvalue weighted by molar-refractivity contribution is 0.113. The van der Waals surface area contributed by atoms with Crippen LogP contribution in [0.4, 0.5) is 0 Å². The number of oxime groups is 1. The average molecular weight is 203 g/mol. The highest BCUT2D eigenvalue weighted by Gasteiger charge is 2.00. The van der Waals surface area contributed by atoms with Crippen molar-refractivity contribution in [3.63, 3.8) is 0 Å². The first-order valence-electron chi connectivity index (χ1n) is 4.93. The van der Waals surface area contributed by atoms with E-state index in [1.165, 1.54) is 0 Å². The minimum Gasteiger partial charge on any atom is -0.409 e. The summed E-state index contributed by atoms with van der Waals surface area (Å²) in [5, 5.41) is 11.2. The number of amidine groups is 1. The molecule has 0 radical (unpaired) electrons. The van der Waals surface area contributed by atoms with Crippen molar-refractivity contribution < 1.29 is 9.94 Å². The maximum atomic E-state index is 8.33. The fourth-order valence-corrected chi connectivity index (χ4v) is 0.956. The molecular formula is C9H21N3O2. The second-order valence-electron chi connectivity index (χ2n) is 3.30. The molecular weight excluding hydrogens is 182 g/mol. The lowest BCUT2D eigenvalue weighted by Crippen LogP contribution is -2.33. The number of rotatable bonds is 8. The predicted octanol–water partition coefficient (Wildman–Crippen LogP) is 0.481. The van der Waals surface area contributed by atoms with E-state index < -0.39 is 0 Å². The van der Waals surface area contributed by atoms with Gasteiger partial charge < -0.3 is 15.7 Å². The summed E-state index contributed by atoms with van der Waals surface area (Å²) in [4.78, 5) is 1.95. The molecule has 0 atom stereocenters. The predicted molar refractivity (Wildman–Crippen MR) is 56.6 cm³/mol. The number of unbranched alkanes of at least 4 members (excludes halogenated alkanes) is 1. The van der Waals surface area contributed by atoms with Gasteiger partial charge in [0.15, 0.2) is 5.84 Å². The molecule has 0 aromatic heterocycles. The molecule has 0 aliphatic rings. The van der Waals surface area contributed by atoms with Crippen molar-refractivity contribution in [1.82, 2.24) is 4.90 Å². The van der Waals surface area contributed by atoms with Crippen LogP contribution in [0.1, 0.15) is 19.8 Å². The van der Waals surface area contributed by atoms with Gasteiger partial charge in [-0.15, -0.1) is 0 Å². The van der Waals surface area contributed by atoms with Gasteiger partial charge in [-0.1, -0.05) is 18.5 Å². The minimum atomic E-state index is 0.223. The van der Waals surface area contributed by atoms with Gasteiger partial charge in [0.25, 0.3) is 0 Å². The van der Waals surface area contributed by atoms with E-state index in [-0.39, 0.29) is 5.84 Å². The number of nitrogens with two attached hydrogens (primary N) is 1. The number of nitrogens with zero attached hydrogens (tertiary/aromatic N) is 2. The molecule has 0 rings (SSSR count). The van der Waals surface area contributed by atoms with Crippen LogP contribution in [0.2, 0.25) is 0 Å². The molecule has 0 aliphatic carbocycles. The van der Waals surface area contributed by atoms with E-state index in [1.54, 1.807) is 0 Å². The molecule has 0 unspecified atom stereocenters. The molecule has 0 heterocycles. The third-order valence-corrected chi connectivity index (χ3v) is 1.82. The van der Waals surface area contributed by atoms with Gasteiger partial charge in [-0.25, -0.2) is 0 Å². The zero-order chi connectivity index (χ0) is 10.8. The lowest BCUT2D eigenvalue weighted by atomic mass is 10.4. The Balaban J connectivity index is 3.31. The van der Waals surface area contributed by atoms with Gasteiger partial charge >= 0.3 is 0 Å². The van der Waals surface area contributed by atoms with E-state index in [0.717, 1.165) is 26.0 Å². The van der Waals surface area contributed by atoms with Crippen LogP contribution in [-0.2, 0) is 4.74 Å². The van der Waals surface area contributed by atoms with E-state index in [9.17, 15) is 0 Å². The van der Waals surface area contributed by atoms with Crippen LogP contribution in [0.5, 0.6) is 0 Å². The Morgan fingerprint density at radius 2 is 2.21 bits per heavy atom. The summed E-state index contributed by atoms with van der Waals surface area (Å²) in [6, 6.07) is 0. The van der Waals surface area contributed by atoms with Crippen molar-refractivity contribution >= 4 is 5.84 Å². The quantitative estimate of drug-likeness (QED) is 0.198. The molecule has 0 bridgehead atoms. The summed E-state index contributed by atoms with van der Waals surface area (Å²) in [5.41, 5.74) is 5.34. The molecule has 0 aromatic rings. The molecule has 0 saturated heterocycles. The van der Waals surface area contributed by atoms with E-state index in [1.807, 2.05) is 11.9 Å². The number of ether oxygens (including phenoxy) is 1. The van der Waals surface area contributed by atoms with Crippen molar-refractivity contribution in [2.24, 2.45) is 10.9 Å². The Morgan fingerprint density at radius 3 is 2.79 bits per heavy atom. The highest BCUT2D eigenvalue weighted by molar-refractivity contribution is 5.81. The molecule has 0 amide bonds. The van der Waals surface area contributed by atoms with Gasteiger partial charge in [-0.05, 0) is 13.5 Å². The van der Waals surface area contributed by atoms with Crippen molar-refractivity contribution in [2.45, 2.75) is 19.8 Å². The maximum Gasteiger partial charge on any atom is 0.153 e. The summed E-state index contributed by atoms with van der Waals surface area (Å²) in [6.45, 7) is 4.89. The van der Waals surface area contributed by atoms with Crippen molar-refractivity contribution in [3.05, 3.63) is 0 Å². The fourth-order valence-electron chi connectivity index (χ4n) is 0.956. The van der Waals surface area contributed by atoms with E-state index >= 15 is 0 Å². The van der Waals surface area contributed by atoms with Crippen molar-refractivity contribution in [2.75, 3.05) is 33.4 Å². The standard InChI is InChI=1S/C9H21N3O2/c1-3-4-6-14-7-5-12(2)8-9(10)11-13/h13H,3-8H2,1-2H3,(H2,10,11). The zero-order valence-electron chi connectivity index (χ0n) is 9.07. The van der Waals surface area contributed by atoms with Crippen LogP contribution in [0.3, 0.4) is 0 Å². The van der Waals surface area contributed by atoms with Crippen molar-refractivity contribution in [3.8, 4) is 0 Å². The summed E-state index contributed by atoms with van der Waals surface area (Å²) in [7, 11) is 1.90. The number of hydrogen-bond acceptors (Lipinski definition) is 4. The average Bonchev–Trinajstić information content (AvgIpc) is 2.17. The van der Waals surface area contributed by atoms with Gasteiger partial charge in [0.1, 0.15) is 0 Å².